The van der Waals surface area contributed by atoms with Gasteiger partial charge in [-0.15, -0.1) is 0 Å². The Morgan fingerprint density at radius 2 is 1.48 bits per heavy atom. The lowest BCUT2D eigenvalue weighted by molar-refractivity contribution is -0.387. The van der Waals surface area contributed by atoms with E-state index in [0.29, 0.717) is 0 Å². The molecule has 0 saturated carbocycles. The first-order chi connectivity index (χ1) is 18.4. The van der Waals surface area contributed by atoms with Gasteiger partial charge in [-0.25, -0.2) is 4.79 Å². The zero-order chi connectivity index (χ0) is 30.5. The van der Waals surface area contributed by atoms with Gasteiger partial charge in [0.05, 0.1) is 42.4 Å². The second-order valence-electron chi connectivity index (χ2n) is 9.36. The second kappa shape index (κ2) is 13.5. The highest BCUT2D eigenvalue weighted by atomic mass is 35.5. The van der Waals surface area contributed by atoms with E-state index >= 15 is 0 Å². The van der Waals surface area contributed by atoms with Crippen LogP contribution in [0.5, 0.6) is 0 Å². The Kier molecular flexibility index (Phi) is 11.2. The van der Waals surface area contributed by atoms with Gasteiger partial charge in [0, 0.05) is 37.8 Å². The number of hydrogen-bond acceptors (Lipinski definition) is 8. The molecule has 1 saturated heterocycles. The summed E-state index contributed by atoms with van der Waals surface area (Å²) in [7, 11) is 0. The minimum Gasteiger partial charge on any atom is -0.481 e. The van der Waals surface area contributed by atoms with Crippen LogP contribution >= 0.6 is 46.4 Å². The number of carboxylic acids is 1. The third kappa shape index (κ3) is 8.95. The van der Waals surface area contributed by atoms with Crippen LogP contribution in [0.15, 0.2) is 24.3 Å². The third-order valence-corrected chi connectivity index (χ3v) is 6.70. The number of halogens is 5. The van der Waals surface area contributed by atoms with Gasteiger partial charge < -0.3 is 19.6 Å². The van der Waals surface area contributed by atoms with Crippen molar-refractivity contribution >= 4 is 75.5 Å². The van der Waals surface area contributed by atoms with E-state index in [9.17, 15) is 39.3 Å². The number of nitrogens with zero attached hydrogens (tertiary/aromatic N) is 4. The van der Waals surface area contributed by atoms with Crippen LogP contribution < -0.4 is 4.90 Å². The molecule has 1 fully saturated rings. The van der Waals surface area contributed by atoms with Crippen molar-refractivity contribution in [2.45, 2.75) is 38.8 Å². The molecule has 1 unspecified atom stereocenters. The van der Waals surface area contributed by atoms with Crippen LogP contribution in [0.25, 0.3) is 0 Å². The fourth-order valence-corrected chi connectivity index (χ4v) is 4.22. The van der Waals surface area contributed by atoms with Crippen LogP contribution in [-0.4, -0.2) is 63.2 Å². The molecule has 3 rings (SSSR count). The molecule has 1 aliphatic heterocycles. The second-order valence-corrected chi connectivity index (χ2v) is 11.0. The van der Waals surface area contributed by atoms with Crippen molar-refractivity contribution in [3.63, 3.8) is 0 Å². The summed E-state index contributed by atoms with van der Waals surface area (Å²) in [4.78, 5) is 46.8. The largest absolute Gasteiger partial charge is 0.481 e. The van der Waals surface area contributed by atoms with E-state index in [1.54, 1.807) is 25.7 Å². The Morgan fingerprint density at radius 1 is 0.975 bits per heavy atom. The molecule has 2 aromatic rings. The Balaban J connectivity index is 0.000000389. The van der Waals surface area contributed by atoms with Crippen molar-refractivity contribution in [2.24, 2.45) is 0 Å². The summed E-state index contributed by atoms with van der Waals surface area (Å²) in [6.45, 7) is 5.62. The maximum atomic E-state index is 12.7. The van der Waals surface area contributed by atoms with E-state index in [2.05, 4.69) is 0 Å². The highest BCUT2D eigenvalue weighted by molar-refractivity contribution is 6.42. The monoisotopic (exact) mass is 642 g/mol. The molecule has 17 heteroatoms. The molecular weight excluding hydrogens is 621 g/mol. The number of ether oxygens (including phenoxy) is 1. The number of benzene rings is 2. The Morgan fingerprint density at radius 3 is 1.98 bits per heavy atom. The van der Waals surface area contributed by atoms with Crippen LogP contribution in [0.1, 0.15) is 27.2 Å². The molecule has 1 N–H and O–H groups in total. The molecule has 218 valence electrons. The van der Waals surface area contributed by atoms with Gasteiger partial charge in [-0.05, 0) is 26.8 Å². The highest BCUT2D eigenvalue weighted by Gasteiger charge is 2.36. The zero-order valence-corrected chi connectivity index (χ0v) is 24.2. The minimum absolute atomic E-state index is 0.0271. The average molecular weight is 644 g/mol. The van der Waals surface area contributed by atoms with E-state index in [-0.39, 0.29) is 57.5 Å². The molecular formula is C23H23Cl4FN4O8. The van der Waals surface area contributed by atoms with Crippen molar-refractivity contribution in [2.75, 3.05) is 24.5 Å². The number of hydrogen-bond donors (Lipinski definition) is 1. The number of rotatable bonds is 5. The fourth-order valence-electron chi connectivity index (χ4n) is 3.60. The molecule has 0 bridgehead atoms. The molecule has 0 radical (unpaired) electrons. The number of nitro groups is 2. The van der Waals surface area contributed by atoms with Gasteiger partial charge in [-0.3, -0.25) is 25.0 Å². The number of carbonyl (C=O) groups excluding carboxylic acids is 1. The summed E-state index contributed by atoms with van der Waals surface area (Å²) in [5.74, 6) is -2.09. The van der Waals surface area contributed by atoms with E-state index in [1.807, 2.05) is 0 Å². The number of carbonyl (C=O) groups is 2. The van der Waals surface area contributed by atoms with Crippen molar-refractivity contribution < 1.29 is 33.7 Å². The summed E-state index contributed by atoms with van der Waals surface area (Å²) in [6, 6.07) is 3.47. The first kappa shape index (κ1) is 33.1. The van der Waals surface area contributed by atoms with Gasteiger partial charge in [0.25, 0.3) is 5.69 Å². The highest BCUT2D eigenvalue weighted by Crippen LogP contribution is 2.38. The number of amides is 1. The van der Waals surface area contributed by atoms with Gasteiger partial charge in [-0.1, -0.05) is 46.4 Å². The average Bonchev–Trinajstić information content (AvgIpc) is 2.81. The molecule has 1 aliphatic rings. The fraction of sp³-hybridized carbons (Fsp3) is 0.391. The van der Waals surface area contributed by atoms with E-state index < -0.39 is 45.1 Å². The Bertz CT molecular complexity index is 1320. The van der Waals surface area contributed by atoms with Crippen molar-refractivity contribution in [1.82, 2.24) is 4.90 Å². The van der Waals surface area contributed by atoms with E-state index in [4.69, 9.17) is 51.1 Å². The van der Waals surface area contributed by atoms with Gasteiger partial charge >= 0.3 is 17.7 Å². The van der Waals surface area contributed by atoms with Gasteiger partial charge in [0.15, 0.2) is 0 Å². The van der Waals surface area contributed by atoms with Gasteiger partial charge in [0.2, 0.25) is 5.82 Å². The number of piperazine rings is 1. The normalized spacial score (nSPS) is 15.2. The molecule has 1 heterocycles. The number of anilines is 1. The lowest BCUT2D eigenvalue weighted by atomic mass is 10.1. The van der Waals surface area contributed by atoms with Crippen LogP contribution in [0.3, 0.4) is 0 Å². The summed E-state index contributed by atoms with van der Waals surface area (Å²) in [5.41, 5.74) is -1.49. The molecule has 0 spiro atoms. The molecule has 40 heavy (non-hydrogen) atoms. The number of nitro benzene ring substituents is 2. The smallest absolute Gasteiger partial charge is 0.410 e. The van der Waals surface area contributed by atoms with Crippen molar-refractivity contribution in [3.05, 3.63) is 70.4 Å². The third-order valence-electron chi connectivity index (χ3n) is 5.25. The number of aliphatic carboxylic acids is 1. The summed E-state index contributed by atoms with van der Waals surface area (Å²) in [6.07, 6.45) is -0.886. The maximum absolute atomic E-state index is 12.7. The summed E-state index contributed by atoms with van der Waals surface area (Å²) >= 11 is 22.8. The first-order valence-electron chi connectivity index (χ1n) is 11.3. The molecule has 0 aliphatic carbocycles. The Hall–Kier alpha value is -3.13. The predicted octanol–water partition coefficient (Wildman–Crippen LogP) is 6.84. The van der Waals surface area contributed by atoms with E-state index in [0.717, 1.165) is 18.2 Å². The first-order valence-corrected chi connectivity index (χ1v) is 12.8. The lowest BCUT2D eigenvalue weighted by Gasteiger charge is -2.42. The van der Waals surface area contributed by atoms with Crippen LogP contribution in [0.2, 0.25) is 20.1 Å². The van der Waals surface area contributed by atoms with Crippen LogP contribution in [-0.2, 0) is 9.53 Å². The van der Waals surface area contributed by atoms with E-state index in [1.165, 1.54) is 11.0 Å². The predicted molar refractivity (Wildman–Crippen MR) is 147 cm³/mol. The maximum Gasteiger partial charge on any atom is 0.410 e. The quantitative estimate of drug-likeness (QED) is 0.209. The topological polar surface area (TPSA) is 156 Å². The van der Waals surface area contributed by atoms with Gasteiger partial charge in [0.1, 0.15) is 11.3 Å². The lowest BCUT2D eigenvalue weighted by Crippen LogP contribution is -2.56. The van der Waals surface area contributed by atoms with Crippen molar-refractivity contribution in [3.8, 4) is 0 Å². The molecule has 1 amide bonds. The molecule has 0 aromatic heterocycles. The standard InChI is InChI=1S/C17H21Cl2N3O6.C6H2Cl2FNO2/c1-17(2,3)28-16(25)20-4-5-21(10(9-20)6-15(23)24)13-7-11(18)12(19)8-14(13)22(26)27;7-3-1-5(9)6(10(11)12)2-4(3)8/h7-8,10H,4-6,9H2,1-3H3,(H,23,24);1-2H. The molecule has 2 aromatic carbocycles. The molecule has 12 nitrogen and oxygen atoms in total. The number of carboxylic acid groups (broad SMARTS) is 1. The van der Waals surface area contributed by atoms with Crippen molar-refractivity contribution in [1.29, 1.82) is 0 Å². The summed E-state index contributed by atoms with van der Waals surface area (Å²) in [5, 5.41) is 31.0. The SMILES string of the molecule is CC(C)(C)OC(=O)N1CCN(c2cc(Cl)c(Cl)cc2[N+](=O)[O-])C(CC(=O)O)C1.O=[N+]([O-])c1cc(Cl)c(Cl)cc1F. The Labute approximate surface area is 247 Å². The minimum atomic E-state index is -1.09. The zero-order valence-electron chi connectivity index (χ0n) is 21.2. The summed E-state index contributed by atoms with van der Waals surface area (Å²) < 4.78 is 18.0. The molecule has 1 atom stereocenters. The van der Waals surface area contributed by atoms with Crippen LogP contribution in [0, 0.1) is 26.0 Å². The van der Waals surface area contributed by atoms with Gasteiger partial charge in [-0.2, -0.15) is 4.39 Å². The van der Waals surface area contributed by atoms with Crippen LogP contribution in [0.4, 0.5) is 26.2 Å².